The second-order valence-electron chi connectivity index (χ2n) is 12.5. The summed E-state index contributed by atoms with van der Waals surface area (Å²) in [6.45, 7) is 8.29. The average molecular weight is 593 g/mol. The molecule has 1 aliphatic carbocycles. The van der Waals surface area contributed by atoms with Gasteiger partial charge in [0.25, 0.3) is 0 Å². The molecule has 1 fully saturated rings. The van der Waals surface area contributed by atoms with Gasteiger partial charge < -0.3 is 9.15 Å². The van der Waals surface area contributed by atoms with E-state index in [-0.39, 0.29) is 17.8 Å². The summed E-state index contributed by atoms with van der Waals surface area (Å²) in [4.78, 5) is 0. The minimum absolute atomic E-state index is 0.0526. The van der Waals surface area contributed by atoms with E-state index in [1.165, 1.54) is 32.7 Å². The molecule has 2 aliphatic rings. The van der Waals surface area contributed by atoms with Crippen molar-refractivity contribution < 1.29 is 9.15 Å². The maximum absolute atomic E-state index is 7.27. The van der Waals surface area contributed by atoms with Gasteiger partial charge in [-0.2, -0.15) is 0 Å². The third-order valence-electron chi connectivity index (χ3n) is 10.3. The Balaban J connectivity index is 1.33. The van der Waals surface area contributed by atoms with Crippen LogP contribution >= 0.6 is 0 Å². The molecule has 0 unspecified atom stereocenters. The Labute approximate surface area is 268 Å². The fourth-order valence-electron chi connectivity index (χ4n) is 8.27. The topological polar surface area (TPSA) is 22.4 Å². The number of ether oxygens (including phenoxy) is 1. The fourth-order valence-corrected chi connectivity index (χ4v) is 8.27. The highest BCUT2D eigenvalue weighted by Gasteiger charge is 2.69. The molecule has 0 saturated heterocycles. The van der Waals surface area contributed by atoms with Gasteiger partial charge in [-0.05, 0) is 68.1 Å². The number of benzene rings is 6. The molecule has 2 heterocycles. The number of fused-ring (bicyclic) bond motifs is 8. The van der Waals surface area contributed by atoms with Gasteiger partial charge >= 0.3 is 0 Å². The predicted octanol–water partition coefficient (Wildman–Crippen LogP) is 11.5. The molecule has 0 radical (unpaired) electrons. The van der Waals surface area contributed by atoms with E-state index in [1.807, 2.05) is 12.2 Å². The molecule has 9 rings (SSSR count). The SMILES string of the molecule is C=Cc1ccccc1/C=C/[C@@]12Oc3ccc4ccccc4c3[C@@H]1[C@H](c1ccccc1C=C)[C@H]2c1cc2c(ccc3ccccc32)o1. The highest BCUT2D eigenvalue weighted by molar-refractivity contribution is 6.06. The van der Waals surface area contributed by atoms with Crippen LogP contribution in [0.4, 0.5) is 0 Å². The van der Waals surface area contributed by atoms with Gasteiger partial charge in [0, 0.05) is 22.8 Å². The summed E-state index contributed by atoms with van der Waals surface area (Å²) in [7, 11) is 0. The first-order valence-electron chi connectivity index (χ1n) is 15.9. The van der Waals surface area contributed by atoms with Gasteiger partial charge in [0.05, 0.1) is 5.92 Å². The monoisotopic (exact) mass is 592 g/mol. The quantitative estimate of drug-likeness (QED) is 0.192. The van der Waals surface area contributed by atoms with E-state index < -0.39 is 5.60 Å². The van der Waals surface area contributed by atoms with E-state index in [0.29, 0.717) is 0 Å². The van der Waals surface area contributed by atoms with Crippen LogP contribution in [-0.2, 0) is 0 Å². The van der Waals surface area contributed by atoms with Crippen molar-refractivity contribution in [1.29, 1.82) is 0 Å². The van der Waals surface area contributed by atoms with Crippen LogP contribution in [0.25, 0.3) is 50.7 Å². The van der Waals surface area contributed by atoms with E-state index in [2.05, 4.69) is 153 Å². The van der Waals surface area contributed by atoms with Crippen molar-refractivity contribution in [3.05, 3.63) is 180 Å². The molecule has 0 bridgehead atoms. The maximum atomic E-state index is 7.27. The third-order valence-corrected chi connectivity index (χ3v) is 10.3. The molecule has 2 nitrogen and oxygen atoms in total. The van der Waals surface area contributed by atoms with Crippen LogP contribution in [-0.4, -0.2) is 5.60 Å². The number of furan rings is 1. The second kappa shape index (κ2) is 10.2. The van der Waals surface area contributed by atoms with Gasteiger partial charge in [-0.15, -0.1) is 0 Å². The molecule has 1 aliphatic heterocycles. The molecule has 220 valence electrons. The van der Waals surface area contributed by atoms with Crippen LogP contribution in [0, 0.1) is 0 Å². The zero-order valence-electron chi connectivity index (χ0n) is 25.4. The molecule has 4 atom stereocenters. The van der Waals surface area contributed by atoms with E-state index in [9.17, 15) is 0 Å². The van der Waals surface area contributed by atoms with Crippen LogP contribution in [0.15, 0.2) is 151 Å². The lowest BCUT2D eigenvalue weighted by Crippen LogP contribution is -2.57. The van der Waals surface area contributed by atoms with Crippen molar-refractivity contribution in [2.24, 2.45) is 0 Å². The van der Waals surface area contributed by atoms with Crippen molar-refractivity contribution in [3.63, 3.8) is 0 Å². The van der Waals surface area contributed by atoms with Gasteiger partial charge in [0.2, 0.25) is 0 Å². The largest absolute Gasteiger partial charge is 0.481 e. The second-order valence-corrected chi connectivity index (χ2v) is 12.5. The Morgan fingerprint density at radius 1 is 0.587 bits per heavy atom. The minimum atomic E-state index is -0.677. The summed E-state index contributed by atoms with van der Waals surface area (Å²) in [5, 5.41) is 5.98. The standard InChI is InChI=1S/C44H32O2/c1-3-28-13-5-6-15-30(28)25-26-44-42(39-27-36-33-18-10-8-16-31(33)21-23-37(36)45-39)41(34-19-11-7-14-29(34)4-2)43(44)40-35-20-12-9-17-32(35)22-24-38(40)46-44/h3-27,41-43H,1-2H2/b26-25+/t41-,42-,43-,44+/m1/s1. The normalized spacial score (nSPS) is 21.6. The summed E-state index contributed by atoms with van der Waals surface area (Å²) < 4.78 is 14.1. The first-order chi connectivity index (χ1) is 22.7. The molecule has 7 aromatic rings. The molecular formula is C44H32O2. The van der Waals surface area contributed by atoms with Gasteiger partial charge in [-0.1, -0.05) is 141 Å². The van der Waals surface area contributed by atoms with E-state index in [0.717, 1.165) is 39.2 Å². The Kier molecular flexibility index (Phi) is 5.95. The van der Waals surface area contributed by atoms with Gasteiger partial charge in [-0.3, -0.25) is 0 Å². The molecule has 46 heavy (non-hydrogen) atoms. The van der Waals surface area contributed by atoms with E-state index >= 15 is 0 Å². The van der Waals surface area contributed by atoms with Gasteiger partial charge in [0.1, 0.15) is 22.7 Å². The number of hydrogen-bond donors (Lipinski definition) is 0. The number of hydrogen-bond acceptors (Lipinski definition) is 2. The number of rotatable bonds is 6. The predicted molar refractivity (Wildman–Crippen MR) is 191 cm³/mol. The smallest absolute Gasteiger partial charge is 0.145 e. The van der Waals surface area contributed by atoms with Crippen LogP contribution in [0.5, 0.6) is 5.75 Å². The zero-order valence-corrected chi connectivity index (χ0v) is 25.4. The summed E-state index contributed by atoms with van der Waals surface area (Å²) >= 11 is 0. The first-order valence-corrected chi connectivity index (χ1v) is 15.9. The lowest BCUT2D eigenvalue weighted by atomic mass is 9.49. The van der Waals surface area contributed by atoms with Gasteiger partial charge in [-0.25, -0.2) is 0 Å². The lowest BCUT2D eigenvalue weighted by Gasteiger charge is -2.55. The van der Waals surface area contributed by atoms with Crippen molar-refractivity contribution in [2.75, 3.05) is 0 Å². The summed E-state index contributed by atoms with van der Waals surface area (Å²) in [6, 6.07) is 45.1. The molecule has 0 N–H and O–H groups in total. The Morgan fingerprint density at radius 3 is 2.04 bits per heavy atom. The van der Waals surface area contributed by atoms with Crippen LogP contribution in [0.1, 0.15) is 51.3 Å². The highest BCUT2D eigenvalue weighted by Crippen LogP contribution is 2.72. The molecule has 6 aromatic carbocycles. The lowest BCUT2D eigenvalue weighted by molar-refractivity contribution is -0.0150. The average Bonchev–Trinajstić information content (AvgIpc) is 3.65. The van der Waals surface area contributed by atoms with Crippen molar-refractivity contribution >= 4 is 50.7 Å². The van der Waals surface area contributed by atoms with E-state index in [4.69, 9.17) is 9.15 Å². The molecule has 0 amide bonds. The van der Waals surface area contributed by atoms with E-state index in [1.54, 1.807) is 0 Å². The molecule has 0 spiro atoms. The summed E-state index contributed by atoms with van der Waals surface area (Å²) in [5.74, 6) is 1.92. The van der Waals surface area contributed by atoms with Gasteiger partial charge in [0.15, 0.2) is 0 Å². The van der Waals surface area contributed by atoms with Crippen LogP contribution < -0.4 is 4.74 Å². The highest BCUT2D eigenvalue weighted by atomic mass is 16.5. The van der Waals surface area contributed by atoms with Crippen molar-refractivity contribution in [2.45, 2.75) is 23.4 Å². The van der Waals surface area contributed by atoms with Crippen LogP contribution in [0.3, 0.4) is 0 Å². The fraction of sp³-hybridized carbons (Fsp3) is 0.0909. The first kappa shape index (κ1) is 26.8. The Hall–Kier alpha value is -5.60. The van der Waals surface area contributed by atoms with Crippen molar-refractivity contribution in [3.8, 4) is 5.75 Å². The van der Waals surface area contributed by atoms with Crippen LogP contribution in [0.2, 0.25) is 0 Å². The zero-order chi connectivity index (χ0) is 30.8. The molecule has 1 saturated carbocycles. The Morgan fingerprint density at radius 2 is 1.24 bits per heavy atom. The summed E-state index contributed by atoms with van der Waals surface area (Å²) in [5.41, 5.74) is 6.08. The maximum Gasteiger partial charge on any atom is 0.145 e. The summed E-state index contributed by atoms with van der Waals surface area (Å²) in [6.07, 6.45) is 8.42. The third kappa shape index (κ3) is 3.77. The molecule has 1 aromatic heterocycles. The minimum Gasteiger partial charge on any atom is -0.481 e. The van der Waals surface area contributed by atoms with Crippen molar-refractivity contribution in [1.82, 2.24) is 0 Å². The molecular weight excluding hydrogens is 560 g/mol. The Bertz CT molecular complexity index is 2370. The molecule has 2 heteroatoms.